The van der Waals surface area contributed by atoms with Crippen LogP contribution < -0.4 is 5.32 Å². The van der Waals surface area contributed by atoms with Gasteiger partial charge in [-0.15, -0.1) is 0 Å². The van der Waals surface area contributed by atoms with E-state index in [2.05, 4.69) is 29.6 Å². The quantitative estimate of drug-likeness (QED) is 0.520. The number of benzene rings is 3. The van der Waals surface area contributed by atoms with Crippen molar-refractivity contribution in [1.29, 1.82) is 0 Å². The molecule has 3 rings (SSSR count). The molecule has 1 N–H and O–H groups in total. The average molecular weight is 222 g/mol. The maximum Gasteiger partial charge on any atom is 1.00 e. The second-order valence-electron chi connectivity index (χ2n) is 3.98. The van der Waals surface area contributed by atoms with Crippen LogP contribution in [0.15, 0.2) is 54.6 Å². The van der Waals surface area contributed by atoms with E-state index in [4.69, 9.17) is 0 Å². The summed E-state index contributed by atoms with van der Waals surface area (Å²) in [5, 5.41) is 7.48. The SMILES string of the molecule is O=CNc1ccc2c(ccc3ccccc32)c1.[H+]. The zero-order valence-corrected chi connectivity index (χ0v) is 9.18. The first-order valence-electron chi connectivity index (χ1n) is 5.50. The lowest BCUT2D eigenvalue weighted by Crippen LogP contribution is -1.92. The summed E-state index contributed by atoms with van der Waals surface area (Å²) in [6.07, 6.45) is 0.697. The average Bonchev–Trinajstić information content (AvgIpc) is 2.39. The van der Waals surface area contributed by atoms with Gasteiger partial charge < -0.3 is 5.32 Å². The van der Waals surface area contributed by atoms with Crippen molar-refractivity contribution in [3.63, 3.8) is 0 Å². The number of rotatable bonds is 2. The van der Waals surface area contributed by atoms with Crippen molar-refractivity contribution in [2.45, 2.75) is 0 Å². The van der Waals surface area contributed by atoms with Gasteiger partial charge in [-0.05, 0) is 33.7 Å². The van der Waals surface area contributed by atoms with Crippen molar-refractivity contribution in [3.8, 4) is 0 Å². The fourth-order valence-corrected chi connectivity index (χ4v) is 2.17. The highest BCUT2D eigenvalue weighted by molar-refractivity contribution is 6.08. The summed E-state index contributed by atoms with van der Waals surface area (Å²) in [4.78, 5) is 10.4. The molecule has 82 valence electrons. The molecule has 0 saturated carbocycles. The van der Waals surface area contributed by atoms with Crippen LogP contribution in [-0.2, 0) is 4.79 Å². The Morgan fingerprint density at radius 1 is 0.882 bits per heavy atom. The van der Waals surface area contributed by atoms with E-state index in [1.54, 1.807) is 0 Å². The third kappa shape index (κ3) is 1.64. The third-order valence-corrected chi connectivity index (χ3v) is 2.97. The van der Waals surface area contributed by atoms with E-state index in [-0.39, 0.29) is 1.43 Å². The lowest BCUT2D eigenvalue weighted by molar-refractivity contribution is -0.105. The first kappa shape index (κ1) is 9.85. The molecule has 17 heavy (non-hydrogen) atoms. The van der Waals surface area contributed by atoms with Crippen molar-refractivity contribution in [1.82, 2.24) is 0 Å². The number of fused-ring (bicyclic) bond motifs is 3. The van der Waals surface area contributed by atoms with Crippen LogP contribution in [-0.4, -0.2) is 6.41 Å². The molecule has 0 saturated heterocycles. The summed E-state index contributed by atoms with van der Waals surface area (Å²) >= 11 is 0. The maximum atomic E-state index is 10.4. The molecule has 0 radical (unpaired) electrons. The van der Waals surface area contributed by atoms with E-state index in [9.17, 15) is 4.79 Å². The summed E-state index contributed by atoms with van der Waals surface area (Å²) in [6, 6.07) is 18.4. The van der Waals surface area contributed by atoms with Crippen LogP contribution in [0.3, 0.4) is 0 Å². The lowest BCUT2D eigenvalue weighted by atomic mass is 10.0. The van der Waals surface area contributed by atoms with Crippen LogP contribution in [0.1, 0.15) is 1.43 Å². The van der Waals surface area contributed by atoms with Crippen LogP contribution in [0, 0.1) is 0 Å². The Morgan fingerprint density at radius 3 is 2.53 bits per heavy atom. The largest absolute Gasteiger partial charge is 1.00 e. The first-order chi connectivity index (χ1) is 8.38. The first-order valence-corrected chi connectivity index (χ1v) is 5.50. The van der Waals surface area contributed by atoms with E-state index in [0.717, 1.165) is 11.1 Å². The van der Waals surface area contributed by atoms with Gasteiger partial charge in [0, 0.05) is 5.69 Å². The van der Waals surface area contributed by atoms with Gasteiger partial charge >= 0.3 is 1.43 Å². The highest BCUT2D eigenvalue weighted by Crippen LogP contribution is 2.27. The number of amides is 1. The molecule has 0 heterocycles. The van der Waals surface area contributed by atoms with Crippen molar-refractivity contribution in [3.05, 3.63) is 54.6 Å². The number of nitrogens with one attached hydrogen (secondary N) is 1. The molecular formula is C15H12NO+. The van der Waals surface area contributed by atoms with Gasteiger partial charge in [0.05, 0.1) is 0 Å². The lowest BCUT2D eigenvalue weighted by Gasteiger charge is -2.05. The van der Waals surface area contributed by atoms with Gasteiger partial charge in [0.2, 0.25) is 6.41 Å². The molecule has 0 bridgehead atoms. The van der Waals surface area contributed by atoms with Crippen LogP contribution in [0.25, 0.3) is 21.5 Å². The molecule has 0 aliphatic carbocycles. The minimum absolute atomic E-state index is 0. The summed E-state index contributed by atoms with van der Waals surface area (Å²) in [5.41, 5.74) is 0.822. The molecule has 3 aromatic carbocycles. The van der Waals surface area contributed by atoms with E-state index in [1.807, 2.05) is 30.3 Å². The predicted octanol–water partition coefficient (Wildman–Crippen LogP) is 3.67. The van der Waals surface area contributed by atoms with Gasteiger partial charge in [-0.25, -0.2) is 0 Å². The molecule has 2 heteroatoms. The Kier molecular flexibility index (Phi) is 2.26. The zero-order valence-electron chi connectivity index (χ0n) is 10.2. The van der Waals surface area contributed by atoms with Gasteiger partial charge in [0.1, 0.15) is 0 Å². The van der Waals surface area contributed by atoms with Gasteiger partial charge in [0.15, 0.2) is 0 Å². The molecule has 0 aliphatic heterocycles. The molecule has 0 aromatic heterocycles. The molecule has 0 unspecified atom stereocenters. The predicted molar refractivity (Wildman–Crippen MR) is 72.3 cm³/mol. The highest BCUT2D eigenvalue weighted by Gasteiger charge is 2.00. The summed E-state index contributed by atoms with van der Waals surface area (Å²) < 4.78 is 0. The number of hydrogen-bond acceptors (Lipinski definition) is 1. The molecular weight excluding hydrogens is 210 g/mol. The molecule has 0 aliphatic rings. The second kappa shape index (κ2) is 3.91. The van der Waals surface area contributed by atoms with Gasteiger partial charge in [-0.2, -0.15) is 0 Å². The van der Waals surface area contributed by atoms with Gasteiger partial charge in [-0.1, -0.05) is 42.5 Å². The number of hydrogen-bond donors (Lipinski definition) is 1. The Bertz CT molecular complexity index is 709. The minimum Gasteiger partial charge on any atom is -0.329 e. The van der Waals surface area contributed by atoms with Crippen molar-refractivity contribution < 1.29 is 6.22 Å². The maximum absolute atomic E-state index is 10.4. The number of anilines is 1. The second-order valence-corrected chi connectivity index (χ2v) is 3.98. The van der Waals surface area contributed by atoms with Gasteiger partial charge in [0.25, 0.3) is 0 Å². The van der Waals surface area contributed by atoms with Gasteiger partial charge in [-0.3, -0.25) is 4.79 Å². The Hall–Kier alpha value is -2.35. The fraction of sp³-hybridized carbons (Fsp3) is 0. The van der Waals surface area contributed by atoms with Crippen LogP contribution in [0.5, 0.6) is 0 Å². The summed E-state index contributed by atoms with van der Waals surface area (Å²) in [5.74, 6) is 0. The topological polar surface area (TPSA) is 29.1 Å². The Morgan fingerprint density at radius 2 is 1.65 bits per heavy atom. The van der Waals surface area contributed by atoms with Crippen LogP contribution in [0.4, 0.5) is 5.69 Å². The monoisotopic (exact) mass is 222 g/mol. The number of carbonyl (C=O) groups is 1. The van der Waals surface area contributed by atoms with Crippen LogP contribution >= 0.6 is 0 Å². The van der Waals surface area contributed by atoms with Crippen molar-refractivity contribution in [2.75, 3.05) is 5.32 Å². The molecule has 1 amide bonds. The Balaban J connectivity index is 0.00000120. The molecule has 3 aromatic rings. The van der Waals surface area contributed by atoms with E-state index >= 15 is 0 Å². The van der Waals surface area contributed by atoms with E-state index in [0.29, 0.717) is 6.41 Å². The number of carbonyl (C=O) groups excluding carboxylic acids is 1. The normalized spacial score (nSPS) is 10.6. The summed E-state index contributed by atoms with van der Waals surface area (Å²) in [6.45, 7) is 0. The fourth-order valence-electron chi connectivity index (χ4n) is 2.17. The standard InChI is InChI=1S/C15H11NO/c17-10-16-13-7-8-15-12(9-13)6-5-11-3-1-2-4-14(11)15/h1-10H,(H,16,17)/p+1. The Labute approximate surface area is 100 Å². The van der Waals surface area contributed by atoms with Crippen molar-refractivity contribution >= 4 is 33.6 Å². The third-order valence-electron chi connectivity index (χ3n) is 2.97. The minimum atomic E-state index is 0. The molecule has 0 fully saturated rings. The highest BCUT2D eigenvalue weighted by atomic mass is 16.1. The summed E-state index contributed by atoms with van der Waals surface area (Å²) in [7, 11) is 0. The molecule has 2 nitrogen and oxygen atoms in total. The zero-order chi connectivity index (χ0) is 11.7. The van der Waals surface area contributed by atoms with E-state index < -0.39 is 0 Å². The van der Waals surface area contributed by atoms with E-state index in [1.165, 1.54) is 16.2 Å². The smallest absolute Gasteiger partial charge is 0.329 e. The molecule has 0 spiro atoms. The molecule has 0 atom stereocenters. The van der Waals surface area contributed by atoms with Crippen molar-refractivity contribution in [2.24, 2.45) is 0 Å². The van der Waals surface area contributed by atoms with Crippen LogP contribution in [0.2, 0.25) is 0 Å².